The van der Waals surface area contributed by atoms with E-state index in [0.29, 0.717) is 0 Å². The summed E-state index contributed by atoms with van der Waals surface area (Å²) in [7, 11) is 0. The molecule has 122 valence electrons. The van der Waals surface area contributed by atoms with Crippen molar-refractivity contribution in [2.75, 3.05) is 0 Å². The van der Waals surface area contributed by atoms with E-state index >= 15 is 0 Å². The fraction of sp³-hybridized carbons (Fsp3) is 0.381. The van der Waals surface area contributed by atoms with E-state index < -0.39 is 0 Å². The van der Waals surface area contributed by atoms with Gasteiger partial charge in [0, 0.05) is 5.56 Å². The molecular weight excluding hydrogens is 282 g/mol. The number of hydrogen-bond donors (Lipinski definition) is 1. The molecule has 0 saturated heterocycles. The topological polar surface area (TPSA) is 29.1 Å². The number of carbonyl (C=O) groups excluding carboxylic acids is 1. The van der Waals surface area contributed by atoms with Crippen LogP contribution < -0.4 is 5.32 Å². The molecule has 0 radical (unpaired) electrons. The number of aryl methyl sites for hydroxylation is 5. The van der Waals surface area contributed by atoms with Crippen LogP contribution in [0, 0.1) is 34.6 Å². The van der Waals surface area contributed by atoms with Gasteiger partial charge in [-0.1, -0.05) is 36.8 Å². The third-order valence-corrected chi connectivity index (χ3v) is 4.60. The molecule has 2 rings (SSSR count). The number of carbonyl (C=O) groups is 1. The lowest BCUT2D eigenvalue weighted by atomic mass is 9.96. The van der Waals surface area contributed by atoms with Crippen LogP contribution in [-0.4, -0.2) is 5.91 Å². The Kier molecular flexibility index (Phi) is 5.25. The van der Waals surface area contributed by atoms with E-state index in [1.165, 1.54) is 22.3 Å². The van der Waals surface area contributed by atoms with Crippen molar-refractivity contribution in [1.29, 1.82) is 0 Å². The number of nitrogens with one attached hydrogen (secondary N) is 1. The van der Waals surface area contributed by atoms with Crippen LogP contribution in [0.4, 0.5) is 0 Å². The second kappa shape index (κ2) is 6.99. The van der Waals surface area contributed by atoms with Gasteiger partial charge in [-0.3, -0.25) is 4.79 Å². The van der Waals surface area contributed by atoms with Crippen LogP contribution in [0.2, 0.25) is 0 Å². The van der Waals surface area contributed by atoms with Crippen LogP contribution in [0.25, 0.3) is 0 Å². The Morgan fingerprint density at radius 3 is 2.17 bits per heavy atom. The van der Waals surface area contributed by atoms with Crippen LogP contribution in [0.1, 0.15) is 63.1 Å². The van der Waals surface area contributed by atoms with Gasteiger partial charge in [0.2, 0.25) is 0 Å². The normalized spacial score (nSPS) is 12.1. The Morgan fingerprint density at radius 1 is 0.913 bits per heavy atom. The molecule has 0 aliphatic carbocycles. The first-order valence-corrected chi connectivity index (χ1v) is 8.29. The van der Waals surface area contributed by atoms with Gasteiger partial charge in [-0.15, -0.1) is 0 Å². The highest BCUT2D eigenvalue weighted by Gasteiger charge is 2.17. The molecule has 2 aromatic rings. The highest BCUT2D eigenvalue weighted by molar-refractivity contribution is 5.96. The SMILES string of the molecule is CC[C@H](NC(=O)c1cc(C)c(C)cc1C)c1ccc(C)cc1C. The second-order valence-electron chi connectivity index (χ2n) is 6.55. The van der Waals surface area contributed by atoms with Crippen molar-refractivity contribution < 1.29 is 4.79 Å². The number of amides is 1. The predicted molar refractivity (Wildman–Crippen MR) is 97.1 cm³/mol. The van der Waals surface area contributed by atoms with Crippen molar-refractivity contribution in [2.24, 2.45) is 0 Å². The monoisotopic (exact) mass is 309 g/mol. The summed E-state index contributed by atoms with van der Waals surface area (Å²) in [5.41, 5.74) is 7.86. The number of hydrogen-bond acceptors (Lipinski definition) is 1. The molecule has 0 heterocycles. The summed E-state index contributed by atoms with van der Waals surface area (Å²) in [5.74, 6) is 0.0115. The van der Waals surface area contributed by atoms with Crippen LogP contribution in [0.3, 0.4) is 0 Å². The first-order chi connectivity index (χ1) is 10.8. The van der Waals surface area contributed by atoms with Gasteiger partial charge in [-0.2, -0.15) is 0 Å². The fourth-order valence-electron chi connectivity index (χ4n) is 3.06. The fourth-order valence-corrected chi connectivity index (χ4v) is 3.06. The van der Waals surface area contributed by atoms with E-state index in [1.54, 1.807) is 0 Å². The van der Waals surface area contributed by atoms with E-state index in [-0.39, 0.29) is 11.9 Å². The molecule has 2 heteroatoms. The average Bonchev–Trinajstić information content (AvgIpc) is 2.49. The maximum Gasteiger partial charge on any atom is 0.252 e. The van der Waals surface area contributed by atoms with Crippen molar-refractivity contribution >= 4 is 5.91 Å². The summed E-state index contributed by atoms with van der Waals surface area (Å²) in [5, 5.41) is 3.21. The van der Waals surface area contributed by atoms with Crippen LogP contribution >= 0.6 is 0 Å². The minimum Gasteiger partial charge on any atom is -0.345 e. The van der Waals surface area contributed by atoms with Crippen LogP contribution in [0.15, 0.2) is 30.3 Å². The maximum atomic E-state index is 12.7. The average molecular weight is 309 g/mol. The number of rotatable bonds is 4. The lowest BCUT2D eigenvalue weighted by molar-refractivity contribution is 0.0935. The van der Waals surface area contributed by atoms with Crippen molar-refractivity contribution in [3.05, 3.63) is 69.3 Å². The lowest BCUT2D eigenvalue weighted by Crippen LogP contribution is -2.29. The van der Waals surface area contributed by atoms with Gasteiger partial charge in [0.05, 0.1) is 6.04 Å². The van der Waals surface area contributed by atoms with Gasteiger partial charge in [-0.25, -0.2) is 0 Å². The second-order valence-corrected chi connectivity index (χ2v) is 6.55. The molecule has 0 spiro atoms. The van der Waals surface area contributed by atoms with Gasteiger partial charge in [0.1, 0.15) is 0 Å². The van der Waals surface area contributed by atoms with Gasteiger partial charge < -0.3 is 5.32 Å². The van der Waals surface area contributed by atoms with E-state index in [0.717, 1.165) is 23.1 Å². The van der Waals surface area contributed by atoms with Gasteiger partial charge in [-0.05, 0) is 74.9 Å². The quantitative estimate of drug-likeness (QED) is 0.835. The molecule has 2 aromatic carbocycles. The van der Waals surface area contributed by atoms with E-state index in [4.69, 9.17) is 0 Å². The Hall–Kier alpha value is -2.09. The summed E-state index contributed by atoms with van der Waals surface area (Å²) in [6.45, 7) is 12.4. The van der Waals surface area contributed by atoms with Crippen molar-refractivity contribution in [2.45, 2.75) is 54.0 Å². The predicted octanol–water partition coefficient (Wildman–Crippen LogP) is 5.11. The van der Waals surface area contributed by atoms with Gasteiger partial charge in [0.15, 0.2) is 0 Å². The first-order valence-electron chi connectivity index (χ1n) is 8.29. The summed E-state index contributed by atoms with van der Waals surface area (Å²) < 4.78 is 0. The van der Waals surface area contributed by atoms with E-state index in [9.17, 15) is 4.79 Å². The Bertz CT molecular complexity index is 731. The van der Waals surface area contributed by atoms with Crippen LogP contribution in [-0.2, 0) is 0 Å². The Labute approximate surface area is 139 Å². The molecule has 0 aromatic heterocycles. The Balaban J connectivity index is 2.28. The molecule has 1 amide bonds. The summed E-state index contributed by atoms with van der Waals surface area (Å²) >= 11 is 0. The lowest BCUT2D eigenvalue weighted by Gasteiger charge is -2.21. The molecule has 0 saturated carbocycles. The molecule has 0 bridgehead atoms. The molecule has 0 fully saturated rings. The molecule has 23 heavy (non-hydrogen) atoms. The summed E-state index contributed by atoms with van der Waals surface area (Å²) in [6.07, 6.45) is 0.875. The van der Waals surface area contributed by atoms with Crippen LogP contribution in [0.5, 0.6) is 0 Å². The van der Waals surface area contributed by atoms with E-state index in [1.807, 2.05) is 19.9 Å². The minimum atomic E-state index is 0.0115. The molecule has 1 N–H and O–H groups in total. The smallest absolute Gasteiger partial charge is 0.252 e. The van der Waals surface area contributed by atoms with Crippen molar-refractivity contribution in [1.82, 2.24) is 5.32 Å². The van der Waals surface area contributed by atoms with Crippen molar-refractivity contribution in [3.63, 3.8) is 0 Å². The summed E-state index contributed by atoms with van der Waals surface area (Å²) in [6, 6.07) is 10.5. The molecule has 2 nitrogen and oxygen atoms in total. The largest absolute Gasteiger partial charge is 0.345 e. The third kappa shape index (κ3) is 3.82. The number of benzene rings is 2. The van der Waals surface area contributed by atoms with Crippen molar-refractivity contribution in [3.8, 4) is 0 Å². The first kappa shape index (κ1) is 17.3. The molecule has 0 unspecified atom stereocenters. The molecule has 0 aliphatic rings. The molecular formula is C21H27NO. The zero-order chi connectivity index (χ0) is 17.1. The van der Waals surface area contributed by atoms with Gasteiger partial charge >= 0.3 is 0 Å². The minimum absolute atomic E-state index is 0.0115. The molecule has 0 aliphatic heterocycles. The highest BCUT2D eigenvalue weighted by Crippen LogP contribution is 2.23. The zero-order valence-electron chi connectivity index (χ0n) is 15.1. The maximum absolute atomic E-state index is 12.7. The molecule has 1 atom stereocenters. The van der Waals surface area contributed by atoms with Gasteiger partial charge in [0.25, 0.3) is 5.91 Å². The van der Waals surface area contributed by atoms with E-state index in [2.05, 4.69) is 57.3 Å². The highest BCUT2D eigenvalue weighted by atomic mass is 16.1. The third-order valence-electron chi connectivity index (χ3n) is 4.60. The Morgan fingerprint density at radius 2 is 1.57 bits per heavy atom. The zero-order valence-corrected chi connectivity index (χ0v) is 15.1. The summed E-state index contributed by atoms with van der Waals surface area (Å²) in [4.78, 5) is 12.7. The standard InChI is InChI=1S/C21H27NO/c1-7-20(18-9-8-13(2)10-16(18)5)22-21(23)19-12-15(4)14(3)11-17(19)6/h8-12,20H,7H2,1-6H3,(H,22,23)/t20-/m0/s1.